The van der Waals surface area contributed by atoms with E-state index >= 15 is 0 Å². The van der Waals surface area contributed by atoms with Crippen LogP contribution in [0.2, 0.25) is 0 Å². The third-order valence-electron chi connectivity index (χ3n) is 3.97. The van der Waals surface area contributed by atoms with E-state index < -0.39 is 10.1 Å². The van der Waals surface area contributed by atoms with Crippen LogP contribution < -0.4 is 5.73 Å². The van der Waals surface area contributed by atoms with E-state index in [1.54, 1.807) is 0 Å². The molecule has 0 heterocycles. The van der Waals surface area contributed by atoms with Crippen LogP contribution in [0.1, 0.15) is 62.3 Å². The van der Waals surface area contributed by atoms with Crippen molar-refractivity contribution in [1.82, 2.24) is 0 Å². The van der Waals surface area contributed by atoms with E-state index in [9.17, 15) is 8.42 Å². The molecule has 0 saturated carbocycles. The van der Waals surface area contributed by atoms with Crippen molar-refractivity contribution >= 4 is 23.7 Å². The Kier molecular flexibility index (Phi) is 13.8. The van der Waals surface area contributed by atoms with E-state index in [1.807, 2.05) is 48.5 Å². The van der Waals surface area contributed by atoms with Gasteiger partial charge in [0, 0.05) is 20.4 Å². The summed E-state index contributed by atoms with van der Waals surface area (Å²) in [5, 5.41) is 1.35. The van der Waals surface area contributed by atoms with Crippen LogP contribution in [-0.4, -0.2) is 34.7 Å². The van der Waals surface area contributed by atoms with E-state index in [2.05, 4.69) is 68.4 Å². The molecular formula is C25H41NO3PPdS-. The number of hydrogen-bond donors (Lipinski definition) is 2. The maximum Gasteiger partial charge on any atom is 0.261 e. The van der Waals surface area contributed by atoms with Crippen molar-refractivity contribution in [3.8, 4) is 11.1 Å². The molecule has 2 rings (SSSR count). The monoisotopic (exact) mass is 572 g/mol. The van der Waals surface area contributed by atoms with Crippen molar-refractivity contribution in [3.63, 3.8) is 0 Å². The van der Waals surface area contributed by atoms with Gasteiger partial charge >= 0.3 is 0 Å². The summed E-state index contributed by atoms with van der Waals surface area (Å²) in [6, 6.07) is 18.8. The largest absolute Gasteiger partial charge is 0.406 e. The molecule has 0 amide bonds. The second-order valence-corrected chi connectivity index (χ2v) is 16.6. The summed E-state index contributed by atoms with van der Waals surface area (Å²) in [6.45, 7) is 21.5. The minimum Gasteiger partial charge on any atom is -0.406 e. The van der Waals surface area contributed by atoms with Gasteiger partial charge in [0.25, 0.3) is 10.1 Å². The van der Waals surface area contributed by atoms with Gasteiger partial charge in [-0.2, -0.15) is 8.42 Å². The van der Waals surface area contributed by atoms with Crippen LogP contribution in [0.3, 0.4) is 0 Å². The molecule has 0 atom stereocenters. The first-order valence-electron chi connectivity index (χ1n) is 10.3. The summed E-state index contributed by atoms with van der Waals surface area (Å²) in [5.74, 6) is 0. The first-order chi connectivity index (χ1) is 13.7. The number of anilines is 1. The smallest absolute Gasteiger partial charge is 0.261 e. The Morgan fingerprint density at radius 2 is 1.19 bits per heavy atom. The third kappa shape index (κ3) is 14.4. The summed E-state index contributed by atoms with van der Waals surface area (Å²) in [6.07, 6.45) is 0.715. The number of benzene rings is 2. The summed E-state index contributed by atoms with van der Waals surface area (Å²) < 4.78 is 25.9. The average molecular weight is 573 g/mol. The first-order valence-corrected chi connectivity index (χ1v) is 13.5. The van der Waals surface area contributed by atoms with E-state index in [4.69, 9.17) is 10.3 Å². The third-order valence-corrected chi connectivity index (χ3v) is 8.00. The summed E-state index contributed by atoms with van der Waals surface area (Å²) in [5.41, 5.74) is 8.72. The average Bonchev–Trinajstić information content (AvgIpc) is 2.50. The minimum absolute atomic E-state index is 0. The zero-order valence-electron chi connectivity index (χ0n) is 21.1. The van der Waals surface area contributed by atoms with Crippen molar-refractivity contribution < 1.29 is 33.4 Å². The topological polar surface area (TPSA) is 80.4 Å². The number of nitrogen functional groups attached to an aromatic ring is 1. The Hall–Kier alpha value is -0.758. The molecule has 186 valence electrons. The van der Waals surface area contributed by atoms with Gasteiger partial charge in [-0.3, -0.25) is 4.55 Å². The fraction of sp³-hybridized carbons (Fsp3) is 0.520. The Bertz CT molecular complexity index is 856. The van der Waals surface area contributed by atoms with Crippen LogP contribution in [-0.2, 0) is 30.5 Å². The molecule has 2 aromatic carbocycles. The molecular weight excluding hydrogens is 532 g/mol. The molecule has 0 bridgehead atoms. The maximum absolute atomic E-state index is 9.19. The van der Waals surface area contributed by atoms with Gasteiger partial charge in [-0.05, 0) is 27.2 Å². The molecule has 2 aromatic rings. The number of para-hydroxylation sites is 1. The molecule has 0 saturated heterocycles. The molecule has 4 nitrogen and oxygen atoms in total. The zero-order valence-corrected chi connectivity index (χ0v) is 24.4. The van der Waals surface area contributed by atoms with Gasteiger partial charge in [-0.15, -0.1) is 35.9 Å². The SMILES string of the molecule is CC(C)(C)P(C(C)(C)C)C(C)(C)C.CS(=O)(=O)O.Nc1ccccc1-c1[c-]cccc1.[Pd]. The molecule has 0 fully saturated rings. The summed E-state index contributed by atoms with van der Waals surface area (Å²) in [4.78, 5) is 0. The molecule has 7 heteroatoms. The van der Waals surface area contributed by atoms with Gasteiger partial charge in [-0.1, -0.05) is 94.0 Å². The van der Waals surface area contributed by atoms with Crippen molar-refractivity contribution in [2.45, 2.75) is 77.8 Å². The van der Waals surface area contributed by atoms with Crippen LogP contribution in [0.25, 0.3) is 11.1 Å². The van der Waals surface area contributed by atoms with Gasteiger partial charge in [0.05, 0.1) is 6.26 Å². The summed E-state index contributed by atoms with van der Waals surface area (Å²) in [7, 11) is -3.65. The molecule has 32 heavy (non-hydrogen) atoms. The Balaban J connectivity index is 0. The quantitative estimate of drug-likeness (QED) is 0.126. The fourth-order valence-electron chi connectivity index (χ4n) is 4.32. The van der Waals surface area contributed by atoms with Gasteiger partial charge in [-0.25, -0.2) is 0 Å². The number of nitrogens with two attached hydrogens (primary N) is 1. The van der Waals surface area contributed by atoms with Gasteiger partial charge in [0.1, 0.15) is 0 Å². The zero-order chi connectivity index (χ0) is 24.7. The molecule has 0 radical (unpaired) electrons. The van der Waals surface area contributed by atoms with Gasteiger partial charge in [0.15, 0.2) is 0 Å². The Morgan fingerprint density at radius 1 is 0.812 bits per heavy atom. The van der Waals surface area contributed by atoms with E-state index in [0.29, 0.717) is 21.7 Å². The van der Waals surface area contributed by atoms with Crippen molar-refractivity contribution in [2.75, 3.05) is 12.0 Å². The normalized spacial score (nSPS) is 12.0. The van der Waals surface area contributed by atoms with Crippen LogP contribution in [0.4, 0.5) is 5.69 Å². The molecule has 0 spiro atoms. The molecule has 0 aliphatic carbocycles. The fourth-order valence-corrected chi connectivity index (χ4v) is 10.4. The number of rotatable bonds is 1. The molecule has 0 unspecified atom stereocenters. The van der Waals surface area contributed by atoms with E-state index in [-0.39, 0.29) is 28.3 Å². The predicted molar refractivity (Wildman–Crippen MR) is 139 cm³/mol. The molecule has 3 N–H and O–H groups in total. The minimum atomic E-state index is -3.67. The van der Waals surface area contributed by atoms with Gasteiger partial charge in [0.2, 0.25) is 0 Å². The molecule has 0 aromatic heterocycles. The van der Waals surface area contributed by atoms with Crippen LogP contribution >= 0.6 is 7.92 Å². The first kappa shape index (κ1) is 33.4. The van der Waals surface area contributed by atoms with Crippen molar-refractivity contribution in [2.24, 2.45) is 0 Å². The van der Waals surface area contributed by atoms with Crippen LogP contribution in [0, 0.1) is 6.07 Å². The van der Waals surface area contributed by atoms with E-state index in [0.717, 1.165) is 16.8 Å². The van der Waals surface area contributed by atoms with E-state index in [1.165, 1.54) is 0 Å². The Morgan fingerprint density at radius 3 is 1.47 bits per heavy atom. The van der Waals surface area contributed by atoms with Crippen molar-refractivity contribution in [1.29, 1.82) is 0 Å². The van der Waals surface area contributed by atoms with Gasteiger partial charge < -0.3 is 5.73 Å². The molecule has 0 aliphatic rings. The Labute approximate surface area is 211 Å². The van der Waals surface area contributed by atoms with Crippen LogP contribution in [0.5, 0.6) is 0 Å². The second kappa shape index (κ2) is 13.2. The predicted octanol–water partition coefficient (Wildman–Crippen LogP) is 7.10. The van der Waals surface area contributed by atoms with Crippen LogP contribution in [0.15, 0.2) is 48.5 Å². The molecule has 0 aliphatic heterocycles. The van der Waals surface area contributed by atoms with Crippen molar-refractivity contribution in [3.05, 3.63) is 54.6 Å². The summed E-state index contributed by atoms with van der Waals surface area (Å²) >= 11 is 0. The number of hydrogen-bond acceptors (Lipinski definition) is 3. The maximum atomic E-state index is 9.19. The standard InChI is InChI=1S/C12H10N.C12H27P.CH4O3S.Pd/c13-12-9-5-4-8-11(12)10-6-2-1-3-7-10;1-10(2,3)13(11(4,5)6)12(7,8)9;1-5(2,3)4;/h1-6,8-9H,13H2;1-9H3;1H3,(H,2,3,4);/q-1;;;. The second-order valence-electron chi connectivity index (χ2n) is 10.4.